The van der Waals surface area contributed by atoms with Crippen LogP contribution in [-0.2, 0) is 33.1 Å². The molecule has 0 unspecified atom stereocenters. The summed E-state index contributed by atoms with van der Waals surface area (Å²) in [6.07, 6.45) is 0. The summed E-state index contributed by atoms with van der Waals surface area (Å²) in [5.41, 5.74) is 4.57. The van der Waals surface area contributed by atoms with Gasteiger partial charge in [0.25, 0.3) is 0 Å². The normalized spacial score (nSPS) is 13.9. The first kappa shape index (κ1) is 28.0. The molecule has 0 aliphatic carbocycles. The van der Waals surface area contributed by atoms with Crippen molar-refractivity contribution in [2.24, 2.45) is 0 Å². The Morgan fingerprint density at radius 3 is 1.36 bits per heavy atom. The highest BCUT2D eigenvalue weighted by Crippen LogP contribution is 2.34. The Hall–Kier alpha value is -4.10. The summed E-state index contributed by atoms with van der Waals surface area (Å²) < 4.78 is 78.7. The molecule has 2 heterocycles. The van der Waals surface area contributed by atoms with E-state index >= 15 is 0 Å². The highest BCUT2D eigenvalue weighted by atomic mass is 32.2. The molecule has 2 aliphatic heterocycles. The first-order chi connectivity index (χ1) is 20.1. The molecule has 0 saturated carbocycles. The second-order valence-electron chi connectivity index (χ2n) is 9.98. The van der Waals surface area contributed by atoms with Gasteiger partial charge in [-0.2, -0.15) is 0 Å². The van der Waals surface area contributed by atoms with E-state index in [9.17, 15) is 16.8 Å². The molecule has 0 atom stereocenters. The lowest BCUT2D eigenvalue weighted by molar-refractivity contribution is 0.173. The van der Waals surface area contributed by atoms with Crippen molar-refractivity contribution < 1.29 is 35.8 Å². The lowest BCUT2D eigenvalue weighted by atomic mass is 9.97. The molecule has 12 heteroatoms. The molecule has 0 bridgehead atoms. The van der Waals surface area contributed by atoms with Gasteiger partial charge in [0.15, 0.2) is 23.0 Å². The van der Waals surface area contributed by atoms with Gasteiger partial charge < -0.3 is 18.9 Å². The molecule has 0 radical (unpaired) electrons. The minimum Gasteiger partial charge on any atom is -0.454 e. The van der Waals surface area contributed by atoms with Crippen LogP contribution in [0.3, 0.4) is 0 Å². The van der Waals surface area contributed by atoms with E-state index < -0.39 is 20.0 Å². The topological polar surface area (TPSA) is 129 Å². The van der Waals surface area contributed by atoms with Crippen molar-refractivity contribution in [2.45, 2.75) is 36.7 Å². The number of nitrogens with one attached hydrogen (secondary N) is 2. The molecule has 0 spiro atoms. The maximum absolute atomic E-state index is 13.0. The van der Waals surface area contributed by atoms with E-state index in [-0.39, 0.29) is 36.5 Å². The molecule has 2 N–H and O–H groups in total. The predicted octanol–water partition coefficient (Wildman–Crippen LogP) is 4.38. The van der Waals surface area contributed by atoms with E-state index in [4.69, 9.17) is 18.9 Å². The van der Waals surface area contributed by atoms with Crippen LogP contribution in [-0.4, -0.2) is 30.4 Å². The fourth-order valence-corrected chi connectivity index (χ4v) is 7.04. The largest absolute Gasteiger partial charge is 0.454 e. The van der Waals surface area contributed by atoms with Gasteiger partial charge in [0.2, 0.25) is 33.6 Å². The first-order valence-electron chi connectivity index (χ1n) is 13.1. The molecule has 42 heavy (non-hydrogen) atoms. The van der Waals surface area contributed by atoms with Crippen molar-refractivity contribution >= 4 is 20.0 Å². The van der Waals surface area contributed by atoms with Crippen molar-refractivity contribution in [3.05, 3.63) is 95.1 Å². The second kappa shape index (κ2) is 11.0. The van der Waals surface area contributed by atoms with Gasteiger partial charge in [0.1, 0.15) is 0 Å². The van der Waals surface area contributed by atoms with Gasteiger partial charge in [0.05, 0.1) is 9.79 Å². The van der Waals surface area contributed by atoms with E-state index in [0.717, 1.165) is 33.4 Å². The summed E-state index contributed by atoms with van der Waals surface area (Å²) in [4.78, 5) is 0.267. The summed E-state index contributed by atoms with van der Waals surface area (Å²) >= 11 is 0. The number of fused-ring (bicyclic) bond motifs is 2. The van der Waals surface area contributed by atoms with Crippen molar-refractivity contribution in [3.63, 3.8) is 0 Å². The lowest BCUT2D eigenvalue weighted by Gasteiger charge is -2.14. The van der Waals surface area contributed by atoms with Gasteiger partial charge in [-0.05, 0) is 95.8 Å². The van der Waals surface area contributed by atoms with E-state index in [1.165, 1.54) is 0 Å². The highest BCUT2D eigenvalue weighted by molar-refractivity contribution is 7.89. The summed E-state index contributed by atoms with van der Waals surface area (Å²) in [5, 5.41) is 0. The number of sulfonamides is 2. The van der Waals surface area contributed by atoms with E-state index in [1.54, 1.807) is 72.8 Å². The van der Waals surface area contributed by atoms with Crippen LogP contribution in [0.2, 0.25) is 0 Å². The lowest BCUT2D eigenvalue weighted by Crippen LogP contribution is -2.23. The van der Waals surface area contributed by atoms with Gasteiger partial charge in [0, 0.05) is 13.1 Å². The Balaban J connectivity index is 1.15. The number of ether oxygens (including phenoxy) is 4. The fraction of sp³-hybridized carbons (Fsp3) is 0.200. The third-order valence-electron chi connectivity index (χ3n) is 7.11. The Morgan fingerprint density at radius 2 is 0.952 bits per heavy atom. The van der Waals surface area contributed by atoms with Crippen LogP contribution in [0.25, 0.3) is 11.1 Å². The first-order valence-corrected chi connectivity index (χ1v) is 16.0. The van der Waals surface area contributed by atoms with Crippen molar-refractivity contribution in [1.29, 1.82) is 0 Å². The zero-order valence-electron chi connectivity index (χ0n) is 22.8. The van der Waals surface area contributed by atoms with Gasteiger partial charge in [-0.25, -0.2) is 26.3 Å². The summed E-state index contributed by atoms with van der Waals surface area (Å²) in [6.45, 7) is 4.13. The van der Waals surface area contributed by atoms with E-state index in [1.807, 2.05) is 13.8 Å². The number of benzene rings is 4. The SMILES string of the molecule is Cc1cc(S(=O)(=O)NCc2ccc3c(c2)OCO3)ccc1-c1ccc(S(=O)(=O)NCc2ccc3c(c2)OCO3)cc1C. The third kappa shape index (κ3) is 5.66. The Bertz CT molecular complexity index is 1770. The van der Waals surface area contributed by atoms with Crippen LogP contribution in [0.5, 0.6) is 23.0 Å². The molecular weight excluding hydrogens is 580 g/mol. The standard InChI is InChI=1S/C30H28N2O8S2/c1-19-11-23(41(33,34)31-15-21-3-9-27-29(13-21)39-17-37-27)5-7-25(19)26-8-6-24(12-20(26)2)42(35,36)32-16-22-4-10-28-30(14-22)40-18-38-28/h3-14,31-32H,15-18H2,1-2H3. The van der Waals surface area contributed by atoms with Gasteiger partial charge >= 0.3 is 0 Å². The van der Waals surface area contributed by atoms with Crippen LogP contribution in [0.15, 0.2) is 82.6 Å². The molecule has 10 nitrogen and oxygen atoms in total. The van der Waals surface area contributed by atoms with Crippen LogP contribution < -0.4 is 28.4 Å². The second-order valence-corrected chi connectivity index (χ2v) is 13.5. The van der Waals surface area contributed by atoms with E-state index in [0.29, 0.717) is 23.0 Å². The third-order valence-corrected chi connectivity index (χ3v) is 9.91. The summed E-state index contributed by atoms with van der Waals surface area (Å²) in [6, 6.07) is 20.3. The number of rotatable bonds is 9. The van der Waals surface area contributed by atoms with Crippen molar-refractivity contribution in [1.82, 2.24) is 9.44 Å². The van der Waals surface area contributed by atoms with Gasteiger partial charge in [-0.15, -0.1) is 0 Å². The molecular formula is C30H28N2O8S2. The quantitative estimate of drug-likeness (QED) is 0.286. The Morgan fingerprint density at radius 1 is 0.548 bits per heavy atom. The van der Waals surface area contributed by atoms with Gasteiger partial charge in [-0.3, -0.25) is 0 Å². The maximum Gasteiger partial charge on any atom is 0.240 e. The fourth-order valence-electron chi connectivity index (χ4n) is 4.84. The number of aryl methyl sites for hydroxylation is 2. The summed E-state index contributed by atoms with van der Waals surface area (Å²) in [7, 11) is -7.57. The maximum atomic E-state index is 13.0. The molecule has 2 aliphatic rings. The van der Waals surface area contributed by atoms with Crippen molar-refractivity contribution in [3.8, 4) is 34.1 Å². The molecule has 4 aromatic rings. The Labute approximate surface area is 244 Å². The van der Waals surface area contributed by atoms with Crippen LogP contribution in [0.1, 0.15) is 22.3 Å². The predicted molar refractivity (Wildman–Crippen MR) is 155 cm³/mol. The zero-order chi connectivity index (χ0) is 29.5. The van der Waals surface area contributed by atoms with Crippen LogP contribution in [0.4, 0.5) is 0 Å². The van der Waals surface area contributed by atoms with Crippen LogP contribution in [0, 0.1) is 13.8 Å². The summed E-state index contributed by atoms with van der Waals surface area (Å²) in [5.74, 6) is 2.43. The average molecular weight is 609 g/mol. The highest BCUT2D eigenvalue weighted by Gasteiger charge is 2.20. The van der Waals surface area contributed by atoms with Gasteiger partial charge in [-0.1, -0.05) is 24.3 Å². The zero-order valence-corrected chi connectivity index (χ0v) is 24.5. The molecule has 4 aromatic carbocycles. The number of hydrogen-bond donors (Lipinski definition) is 2. The minimum absolute atomic E-state index is 0.0948. The smallest absolute Gasteiger partial charge is 0.240 e. The van der Waals surface area contributed by atoms with Crippen LogP contribution >= 0.6 is 0 Å². The van der Waals surface area contributed by atoms with E-state index in [2.05, 4.69) is 9.44 Å². The molecule has 6 rings (SSSR count). The Kier molecular flexibility index (Phi) is 7.31. The molecule has 0 amide bonds. The monoisotopic (exact) mass is 608 g/mol. The number of hydrogen-bond acceptors (Lipinski definition) is 8. The molecule has 218 valence electrons. The minimum atomic E-state index is -3.79. The molecule has 0 aromatic heterocycles. The average Bonchev–Trinajstić information content (AvgIpc) is 3.64. The molecule has 0 fully saturated rings. The van der Waals surface area contributed by atoms with Crippen molar-refractivity contribution in [2.75, 3.05) is 13.6 Å². The molecule has 0 saturated heterocycles.